The second kappa shape index (κ2) is 19.1. The van der Waals surface area contributed by atoms with Crippen molar-refractivity contribution in [3.8, 4) is 0 Å². The van der Waals surface area contributed by atoms with Crippen LogP contribution < -0.4 is 0 Å². The topological polar surface area (TPSA) is 17.1 Å². The Morgan fingerprint density at radius 2 is 0.800 bits per heavy atom. The summed E-state index contributed by atoms with van der Waals surface area (Å²) in [6.45, 7) is 2.28. The zero-order valence-corrected chi connectivity index (χ0v) is 14.9. The standard InChI is InChI=1S/C18H38OP/c1-2-3-4-5-6-7-8-9-10-11-12-13-14-15-16-17-18-20-19/h20H,2-18H2,1H3. The van der Waals surface area contributed by atoms with Gasteiger partial charge in [-0.25, -0.2) is 0 Å². The van der Waals surface area contributed by atoms with Crippen LogP contribution in [-0.4, -0.2) is 6.16 Å². The summed E-state index contributed by atoms with van der Waals surface area (Å²) in [5.74, 6) is 0. The van der Waals surface area contributed by atoms with E-state index in [2.05, 4.69) is 6.92 Å². The fraction of sp³-hybridized carbons (Fsp3) is 1.00. The van der Waals surface area contributed by atoms with E-state index < -0.39 is 0 Å². The van der Waals surface area contributed by atoms with Gasteiger partial charge >= 0.3 is 0 Å². The normalized spacial score (nSPS) is 11.2. The minimum atomic E-state index is -0.0812. The third kappa shape index (κ3) is 18.1. The second-order valence-corrected chi connectivity index (χ2v) is 6.99. The largest absolute Gasteiger partial charge is 0.291 e. The first-order valence-electron chi connectivity index (χ1n) is 9.26. The van der Waals surface area contributed by atoms with E-state index in [1.165, 1.54) is 103 Å². The maximum Gasteiger partial charge on any atom is 0.0581 e. The van der Waals surface area contributed by atoms with Crippen LogP contribution in [0.3, 0.4) is 0 Å². The number of hydrogen-bond donors (Lipinski definition) is 0. The molecule has 0 saturated carbocycles. The molecule has 0 N–H and O–H groups in total. The highest BCUT2D eigenvalue weighted by Gasteiger charge is 1.94. The van der Waals surface area contributed by atoms with Crippen LogP contribution in [0.15, 0.2) is 0 Å². The van der Waals surface area contributed by atoms with Gasteiger partial charge in [-0.1, -0.05) is 103 Å². The van der Waals surface area contributed by atoms with E-state index in [-0.39, 0.29) is 8.46 Å². The Morgan fingerprint density at radius 1 is 0.500 bits per heavy atom. The van der Waals surface area contributed by atoms with E-state index in [0.29, 0.717) is 0 Å². The SMILES string of the molecule is CCCCCCCCCCCCCCCCCC[PH]=O. The van der Waals surface area contributed by atoms with E-state index >= 15 is 0 Å². The summed E-state index contributed by atoms with van der Waals surface area (Å²) in [6.07, 6.45) is 23.4. The average molecular weight is 301 g/mol. The van der Waals surface area contributed by atoms with Crippen molar-refractivity contribution in [2.75, 3.05) is 6.16 Å². The lowest BCUT2D eigenvalue weighted by molar-refractivity contribution is 0.531. The monoisotopic (exact) mass is 301 g/mol. The van der Waals surface area contributed by atoms with Gasteiger partial charge in [0.15, 0.2) is 0 Å². The maximum absolute atomic E-state index is 10.3. The highest BCUT2D eigenvalue weighted by Crippen LogP contribution is 2.13. The van der Waals surface area contributed by atoms with Crippen molar-refractivity contribution in [1.82, 2.24) is 0 Å². The molecular formula is C18H38OP. The number of rotatable bonds is 17. The fourth-order valence-electron chi connectivity index (χ4n) is 2.75. The van der Waals surface area contributed by atoms with E-state index in [1.54, 1.807) is 0 Å². The quantitative estimate of drug-likeness (QED) is 0.204. The number of hydrogen-bond acceptors (Lipinski definition) is 1. The predicted octanol–water partition coefficient (Wildman–Crippen LogP) is 7.27. The smallest absolute Gasteiger partial charge is 0.0581 e. The van der Waals surface area contributed by atoms with E-state index in [4.69, 9.17) is 0 Å². The lowest BCUT2D eigenvalue weighted by Gasteiger charge is -2.03. The number of unbranched alkanes of at least 4 members (excludes halogenated alkanes) is 15. The third-order valence-electron chi connectivity index (χ3n) is 4.13. The molecule has 0 aliphatic rings. The zero-order chi connectivity index (χ0) is 14.7. The van der Waals surface area contributed by atoms with Crippen molar-refractivity contribution >= 4 is 8.46 Å². The molecule has 0 amide bonds. The summed E-state index contributed by atoms with van der Waals surface area (Å²) in [5.41, 5.74) is 0. The Balaban J connectivity index is 2.90. The molecule has 0 aromatic carbocycles. The Bertz CT molecular complexity index is 182. The first kappa shape index (κ1) is 20.1. The Labute approximate surface area is 129 Å². The van der Waals surface area contributed by atoms with Crippen LogP contribution in [0.2, 0.25) is 0 Å². The summed E-state index contributed by atoms with van der Waals surface area (Å²) < 4.78 is 10.3. The zero-order valence-electron chi connectivity index (χ0n) is 13.9. The summed E-state index contributed by atoms with van der Waals surface area (Å²) in [6, 6.07) is 0. The molecule has 121 valence electrons. The van der Waals surface area contributed by atoms with Gasteiger partial charge in [0.05, 0.1) is 8.46 Å². The molecular weight excluding hydrogens is 263 g/mol. The van der Waals surface area contributed by atoms with E-state index in [9.17, 15) is 4.57 Å². The van der Waals surface area contributed by atoms with Gasteiger partial charge in [-0.15, -0.1) is 0 Å². The molecule has 0 aromatic rings. The molecule has 1 radical (unpaired) electrons. The summed E-state index contributed by atoms with van der Waals surface area (Å²) in [5, 5.41) is 0. The lowest BCUT2D eigenvalue weighted by atomic mass is 10.0. The molecule has 0 aliphatic heterocycles. The highest BCUT2D eigenvalue weighted by atomic mass is 31.1. The van der Waals surface area contributed by atoms with Crippen molar-refractivity contribution in [2.24, 2.45) is 0 Å². The van der Waals surface area contributed by atoms with Gasteiger partial charge in [0, 0.05) is 6.16 Å². The van der Waals surface area contributed by atoms with Crippen molar-refractivity contribution in [1.29, 1.82) is 0 Å². The molecule has 0 aliphatic carbocycles. The predicted molar refractivity (Wildman–Crippen MR) is 93.4 cm³/mol. The molecule has 0 rings (SSSR count). The first-order valence-corrected chi connectivity index (χ1v) is 10.4. The van der Waals surface area contributed by atoms with Crippen LogP contribution in [0, 0.1) is 0 Å². The van der Waals surface area contributed by atoms with E-state index in [1.807, 2.05) is 0 Å². The summed E-state index contributed by atoms with van der Waals surface area (Å²) >= 11 is 0. The minimum Gasteiger partial charge on any atom is -0.291 e. The molecule has 0 spiro atoms. The molecule has 1 atom stereocenters. The second-order valence-electron chi connectivity index (χ2n) is 6.20. The maximum atomic E-state index is 10.3. The van der Waals surface area contributed by atoms with Gasteiger partial charge in [0.1, 0.15) is 0 Å². The Morgan fingerprint density at radius 3 is 1.10 bits per heavy atom. The Kier molecular flexibility index (Phi) is 19.2. The van der Waals surface area contributed by atoms with Gasteiger partial charge in [-0.05, 0) is 6.42 Å². The molecule has 1 nitrogen and oxygen atoms in total. The fourth-order valence-corrected chi connectivity index (χ4v) is 3.14. The molecule has 20 heavy (non-hydrogen) atoms. The lowest BCUT2D eigenvalue weighted by Crippen LogP contribution is -1.83. The van der Waals surface area contributed by atoms with Crippen LogP contribution in [-0.2, 0) is 4.57 Å². The van der Waals surface area contributed by atoms with Gasteiger partial charge < -0.3 is 0 Å². The summed E-state index contributed by atoms with van der Waals surface area (Å²) in [4.78, 5) is 0. The molecule has 0 fully saturated rings. The van der Waals surface area contributed by atoms with Crippen LogP contribution in [0.5, 0.6) is 0 Å². The molecule has 0 heterocycles. The van der Waals surface area contributed by atoms with Crippen LogP contribution in [0.1, 0.15) is 110 Å². The Hall–Kier alpha value is 0.100. The summed E-state index contributed by atoms with van der Waals surface area (Å²) in [7, 11) is -0.0812. The molecule has 0 saturated heterocycles. The van der Waals surface area contributed by atoms with Crippen molar-refractivity contribution in [2.45, 2.75) is 110 Å². The van der Waals surface area contributed by atoms with Gasteiger partial charge in [-0.2, -0.15) is 0 Å². The van der Waals surface area contributed by atoms with Crippen molar-refractivity contribution in [3.05, 3.63) is 0 Å². The van der Waals surface area contributed by atoms with Gasteiger partial charge in [-0.3, -0.25) is 4.57 Å². The molecule has 0 aromatic heterocycles. The van der Waals surface area contributed by atoms with Gasteiger partial charge in [0.2, 0.25) is 0 Å². The van der Waals surface area contributed by atoms with Crippen molar-refractivity contribution in [3.63, 3.8) is 0 Å². The van der Waals surface area contributed by atoms with E-state index in [0.717, 1.165) is 6.16 Å². The van der Waals surface area contributed by atoms with Crippen molar-refractivity contribution < 1.29 is 4.57 Å². The highest BCUT2D eigenvalue weighted by molar-refractivity contribution is 7.23. The van der Waals surface area contributed by atoms with Crippen LogP contribution >= 0.6 is 8.46 Å². The third-order valence-corrected chi connectivity index (χ3v) is 4.69. The minimum absolute atomic E-state index is 0.0812. The average Bonchev–Trinajstić information content (AvgIpc) is 2.47. The molecule has 1 unspecified atom stereocenters. The first-order chi connectivity index (χ1) is 9.91. The van der Waals surface area contributed by atoms with Gasteiger partial charge in [0.25, 0.3) is 0 Å². The van der Waals surface area contributed by atoms with Crippen LogP contribution in [0.25, 0.3) is 0 Å². The molecule has 0 bridgehead atoms. The van der Waals surface area contributed by atoms with Crippen LogP contribution in [0.4, 0.5) is 0 Å². The molecule has 2 heteroatoms.